The number of hydrogen-bond acceptors (Lipinski definition) is 13. The van der Waals surface area contributed by atoms with Gasteiger partial charge in [0.1, 0.15) is 17.8 Å². The van der Waals surface area contributed by atoms with E-state index in [2.05, 4.69) is 32.3 Å². The van der Waals surface area contributed by atoms with Crippen LogP contribution in [0.4, 0.5) is 0 Å². The molecule has 15 nitrogen and oxygen atoms in total. The Morgan fingerprint density at radius 2 is 1.18 bits per heavy atom. The molecule has 2 heterocycles. The number of rotatable bonds is 23. The molecule has 4 atom stereocenters. The Bertz CT molecular complexity index is 2350. The summed E-state index contributed by atoms with van der Waals surface area (Å²) in [5, 5.41) is 40.4. The van der Waals surface area contributed by atoms with Crippen LogP contribution in [0.3, 0.4) is 0 Å². The van der Waals surface area contributed by atoms with Crippen molar-refractivity contribution in [2.75, 3.05) is 89.0 Å². The number of quaternary nitrogens is 2. The zero-order valence-corrected chi connectivity index (χ0v) is 40.2. The lowest BCUT2D eigenvalue weighted by atomic mass is 9.82. The maximum Gasteiger partial charge on any atom is 0.306 e. The van der Waals surface area contributed by atoms with Gasteiger partial charge in [0.2, 0.25) is 0 Å². The van der Waals surface area contributed by atoms with E-state index in [1.165, 1.54) is 5.56 Å². The van der Waals surface area contributed by atoms with E-state index in [9.17, 15) is 30.0 Å². The Morgan fingerprint density at radius 1 is 0.597 bits per heavy atom. The molecule has 0 aromatic heterocycles. The second kappa shape index (κ2) is 23.1. The van der Waals surface area contributed by atoms with Crippen LogP contribution in [0.2, 0.25) is 0 Å². The predicted octanol–water partition coefficient (Wildman–Crippen LogP) is 5.42. The molecule has 15 heteroatoms. The summed E-state index contributed by atoms with van der Waals surface area (Å²) in [6, 6.07) is 17.6. The third-order valence-electron chi connectivity index (χ3n) is 14.0. The van der Waals surface area contributed by atoms with Crippen LogP contribution in [0.25, 0.3) is 0 Å². The number of esters is 2. The van der Waals surface area contributed by atoms with E-state index < -0.39 is 11.9 Å². The van der Waals surface area contributed by atoms with Crippen molar-refractivity contribution < 1.29 is 72.1 Å². The topological polar surface area (TPSA) is 180 Å². The first kappa shape index (κ1) is 51.0. The fraction of sp³-hybridized carbons (Fsp3) is 0.500. The van der Waals surface area contributed by atoms with Gasteiger partial charge >= 0.3 is 11.9 Å². The Balaban J connectivity index is 1.04. The van der Waals surface area contributed by atoms with Crippen molar-refractivity contribution >= 4 is 11.9 Å². The van der Waals surface area contributed by atoms with E-state index in [1.807, 2.05) is 36.4 Å². The number of aliphatic hydroxyl groups is 4. The van der Waals surface area contributed by atoms with Crippen LogP contribution in [0.15, 0.2) is 54.6 Å². The quantitative estimate of drug-likeness (QED) is 0.0421. The summed E-state index contributed by atoms with van der Waals surface area (Å²) in [6.45, 7) is 2.43. The van der Waals surface area contributed by atoms with Crippen LogP contribution in [0.5, 0.6) is 28.7 Å². The first-order valence-electron chi connectivity index (χ1n) is 23.1. The van der Waals surface area contributed by atoms with Crippen LogP contribution in [0, 0.1) is 0 Å². The van der Waals surface area contributed by atoms with Gasteiger partial charge in [0.05, 0.1) is 134 Å². The Morgan fingerprint density at radius 3 is 1.78 bits per heavy atom. The van der Waals surface area contributed by atoms with E-state index >= 15 is 0 Å². The summed E-state index contributed by atoms with van der Waals surface area (Å²) in [5.74, 6) is 2.24. The standard InChI is InChI=1S/C52H70N2O13/c1-53(20-17-36-26-40(32-57)42(33-58)52(65-7)50(36)43(53)25-34-10-11-38(30-55)39(24-34)31-56)18-8-22-66-48(59)14-15-49(60)67-23-9-19-54(2)21-16-35-27-46(63-5)47(64-6)29-41(35)51(54)37-12-13-44(61-3)45(28-37)62-4/h10-13,24,26-29,43,51,55-58H,8-9,14-23,25,30-33H2,1-7H3/q+2. The van der Waals surface area contributed by atoms with Crippen LogP contribution in [-0.4, -0.2) is 130 Å². The van der Waals surface area contributed by atoms with Crippen molar-refractivity contribution in [3.8, 4) is 28.7 Å². The third kappa shape index (κ3) is 11.3. The Labute approximate surface area is 394 Å². The van der Waals surface area contributed by atoms with E-state index in [1.54, 1.807) is 35.5 Å². The minimum absolute atomic E-state index is 0.0816. The first-order chi connectivity index (χ1) is 32.3. The summed E-state index contributed by atoms with van der Waals surface area (Å²) in [5.41, 5.74) is 8.82. The normalized spacial score (nSPS) is 19.7. The average molecular weight is 931 g/mol. The first-order valence-corrected chi connectivity index (χ1v) is 23.1. The Kier molecular flexibility index (Phi) is 17.5. The van der Waals surface area contributed by atoms with Gasteiger partial charge in [-0.15, -0.1) is 0 Å². The van der Waals surface area contributed by atoms with Crippen LogP contribution in [0.1, 0.15) is 93.4 Å². The molecule has 0 bridgehead atoms. The van der Waals surface area contributed by atoms with Gasteiger partial charge < -0.3 is 62.6 Å². The molecule has 2 aliphatic heterocycles. The molecule has 364 valence electrons. The summed E-state index contributed by atoms with van der Waals surface area (Å²) >= 11 is 0. The highest BCUT2D eigenvalue weighted by Gasteiger charge is 2.43. The average Bonchev–Trinajstić information content (AvgIpc) is 3.35. The highest BCUT2D eigenvalue weighted by atomic mass is 16.5. The number of nitrogens with zero attached hydrogens (tertiary/aromatic N) is 2. The van der Waals surface area contributed by atoms with Gasteiger partial charge in [0.25, 0.3) is 0 Å². The molecule has 4 N–H and O–H groups in total. The van der Waals surface area contributed by atoms with Crippen molar-refractivity contribution in [3.05, 3.63) is 110 Å². The van der Waals surface area contributed by atoms with E-state index in [0.29, 0.717) is 98.7 Å². The van der Waals surface area contributed by atoms with E-state index in [0.717, 1.165) is 47.3 Å². The molecule has 4 aromatic rings. The second-order valence-corrected chi connectivity index (χ2v) is 18.0. The summed E-state index contributed by atoms with van der Waals surface area (Å²) in [4.78, 5) is 25.8. The number of benzene rings is 4. The lowest BCUT2D eigenvalue weighted by molar-refractivity contribution is -0.941. The molecular weight excluding hydrogens is 861 g/mol. The van der Waals surface area contributed by atoms with Crippen molar-refractivity contribution in [1.82, 2.24) is 0 Å². The molecule has 6 rings (SSSR count). The molecule has 0 fully saturated rings. The van der Waals surface area contributed by atoms with E-state index in [4.69, 9.17) is 33.2 Å². The number of carbonyl (C=O) groups excluding carboxylic acids is 2. The zero-order valence-electron chi connectivity index (χ0n) is 40.2. The fourth-order valence-corrected chi connectivity index (χ4v) is 10.3. The molecular formula is C52H70N2O13+2. The minimum Gasteiger partial charge on any atom is -0.496 e. The summed E-state index contributed by atoms with van der Waals surface area (Å²) < 4.78 is 41.1. The fourth-order valence-electron chi connectivity index (χ4n) is 10.3. The molecule has 0 saturated heterocycles. The predicted molar refractivity (Wildman–Crippen MR) is 250 cm³/mol. The van der Waals surface area contributed by atoms with Crippen LogP contribution < -0.4 is 23.7 Å². The maximum absolute atomic E-state index is 12.9. The number of ether oxygens (including phenoxy) is 7. The molecule has 0 spiro atoms. The number of carbonyl (C=O) groups is 2. The largest absolute Gasteiger partial charge is 0.496 e. The maximum atomic E-state index is 12.9. The summed E-state index contributed by atoms with van der Waals surface area (Å²) in [6.07, 6.45) is 3.08. The lowest BCUT2D eigenvalue weighted by Crippen LogP contribution is -2.53. The molecule has 0 aliphatic carbocycles. The lowest BCUT2D eigenvalue weighted by Gasteiger charge is -2.46. The van der Waals surface area contributed by atoms with Gasteiger partial charge in [-0.25, -0.2) is 0 Å². The molecule has 0 amide bonds. The van der Waals surface area contributed by atoms with Crippen LogP contribution in [-0.2, 0) is 64.8 Å². The number of fused-ring (bicyclic) bond motifs is 2. The Hall–Kier alpha value is -5.42. The minimum atomic E-state index is -0.471. The zero-order chi connectivity index (χ0) is 48.3. The van der Waals surface area contributed by atoms with E-state index in [-0.39, 0.29) is 64.6 Å². The van der Waals surface area contributed by atoms with Gasteiger partial charge in [0, 0.05) is 48.8 Å². The van der Waals surface area contributed by atoms with Gasteiger partial charge in [-0.3, -0.25) is 9.59 Å². The number of hydrogen-bond donors (Lipinski definition) is 4. The molecule has 4 aromatic carbocycles. The monoisotopic (exact) mass is 930 g/mol. The number of methoxy groups -OCH3 is 5. The smallest absolute Gasteiger partial charge is 0.306 e. The van der Waals surface area contributed by atoms with Gasteiger partial charge in [0.15, 0.2) is 23.0 Å². The summed E-state index contributed by atoms with van der Waals surface area (Å²) in [7, 11) is 12.5. The van der Waals surface area contributed by atoms with Gasteiger partial charge in [-0.2, -0.15) is 0 Å². The van der Waals surface area contributed by atoms with Crippen molar-refractivity contribution in [3.63, 3.8) is 0 Å². The number of aliphatic hydroxyl groups excluding tert-OH is 4. The third-order valence-corrected chi connectivity index (χ3v) is 14.0. The van der Waals surface area contributed by atoms with Crippen molar-refractivity contribution in [1.29, 1.82) is 0 Å². The molecule has 0 saturated carbocycles. The molecule has 67 heavy (non-hydrogen) atoms. The SMILES string of the molecule is COc1ccc(C2c3cc(OC)c(OC)cc3CC[N+]2(C)CCCOC(=O)CCC(=O)OCCC[N+]2(C)CCc3cc(CO)c(CO)c(OC)c3C2Cc2ccc(CO)c(CO)c2)cc1OC. The van der Waals surface area contributed by atoms with Crippen molar-refractivity contribution in [2.24, 2.45) is 0 Å². The van der Waals surface area contributed by atoms with Crippen LogP contribution >= 0.6 is 0 Å². The molecule has 2 aliphatic rings. The second-order valence-electron chi connectivity index (χ2n) is 18.0. The number of likely N-dealkylation sites (N-methyl/N-ethyl adjacent to an activating group) is 2. The molecule has 0 radical (unpaired) electrons. The van der Waals surface area contributed by atoms with Gasteiger partial charge in [-0.1, -0.05) is 24.3 Å². The molecule has 4 unspecified atom stereocenters. The highest BCUT2D eigenvalue weighted by molar-refractivity contribution is 5.77. The van der Waals surface area contributed by atoms with Gasteiger partial charge in [-0.05, 0) is 63.7 Å². The van der Waals surface area contributed by atoms with Crippen molar-refractivity contribution in [2.45, 2.75) is 83.5 Å². The highest BCUT2D eigenvalue weighted by Crippen LogP contribution is 2.47.